The number of nitrogens with two attached hydrogens (primary N) is 1. The second-order valence-corrected chi connectivity index (χ2v) is 5.54. The maximum atomic E-state index is 11.8. The molecule has 2 rings (SSSR count). The van der Waals surface area contributed by atoms with Crippen molar-refractivity contribution in [2.75, 3.05) is 13.6 Å². The third-order valence-corrected chi connectivity index (χ3v) is 4.11. The van der Waals surface area contributed by atoms with Crippen LogP contribution in [0.25, 0.3) is 0 Å². The van der Waals surface area contributed by atoms with Crippen LogP contribution < -0.4 is 11.1 Å². The molecule has 0 saturated heterocycles. The quantitative estimate of drug-likeness (QED) is 0.722. The van der Waals surface area contributed by atoms with Gasteiger partial charge in [0.25, 0.3) is 0 Å². The van der Waals surface area contributed by atoms with E-state index in [4.69, 9.17) is 5.73 Å². The highest BCUT2D eigenvalue weighted by molar-refractivity contribution is 5.77. The number of amides is 1. The monoisotopic (exact) mass is 239 g/mol. The Morgan fingerprint density at radius 1 is 1.35 bits per heavy atom. The Kier molecular flexibility index (Phi) is 4.40. The molecule has 4 heteroatoms. The molecule has 2 aliphatic rings. The van der Waals surface area contributed by atoms with Crippen LogP contribution in [0, 0.1) is 0 Å². The van der Waals surface area contributed by atoms with Crippen LogP contribution in [0.5, 0.6) is 0 Å². The minimum atomic E-state index is 0.174. The highest BCUT2D eigenvalue weighted by Crippen LogP contribution is 2.24. The lowest BCUT2D eigenvalue weighted by Crippen LogP contribution is -2.46. The van der Waals surface area contributed by atoms with Crippen molar-refractivity contribution in [2.24, 2.45) is 5.73 Å². The molecule has 0 aromatic carbocycles. The van der Waals surface area contributed by atoms with Gasteiger partial charge in [-0.1, -0.05) is 12.8 Å². The summed E-state index contributed by atoms with van der Waals surface area (Å²) in [6.45, 7) is 0.574. The van der Waals surface area contributed by atoms with Crippen LogP contribution in [0.1, 0.15) is 44.9 Å². The van der Waals surface area contributed by atoms with E-state index in [0.717, 1.165) is 12.8 Å². The van der Waals surface area contributed by atoms with Crippen molar-refractivity contribution in [3.05, 3.63) is 0 Å². The molecule has 0 bridgehead atoms. The third kappa shape index (κ3) is 3.68. The van der Waals surface area contributed by atoms with E-state index in [1.54, 1.807) is 0 Å². The first-order valence-corrected chi connectivity index (χ1v) is 6.92. The average molecular weight is 239 g/mol. The molecule has 2 aliphatic carbocycles. The fraction of sp³-hybridized carbons (Fsp3) is 0.923. The average Bonchev–Trinajstić information content (AvgIpc) is 2.97. The molecule has 3 N–H and O–H groups in total. The van der Waals surface area contributed by atoms with Crippen molar-refractivity contribution in [1.82, 2.24) is 10.2 Å². The molecule has 2 fully saturated rings. The van der Waals surface area contributed by atoms with Crippen LogP contribution in [0.4, 0.5) is 0 Å². The van der Waals surface area contributed by atoms with Crippen LogP contribution in [0.2, 0.25) is 0 Å². The van der Waals surface area contributed by atoms with E-state index in [0.29, 0.717) is 25.0 Å². The van der Waals surface area contributed by atoms with E-state index in [-0.39, 0.29) is 11.9 Å². The van der Waals surface area contributed by atoms with Crippen molar-refractivity contribution in [3.8, 4) is 0 Å². The van der Waals surface area contributed by atoms with Crippen molar-refractivity contribution < 1.29 is 4.79 Å². The maximum Gasteiger partial charge on any atom is 0.221 e. The zero-order chi connectivity index (χ0) is 12.3. The summed E-state index contributed by atoms with van der Waals surface area (Å²) in [5, 5.41) is 3.04. The zero-order valence-electron chi connectivity index (χ0n) is 10.8. The number of carbonyl (C=O) groups excluding carboxylic acids is 1. The van der Waals surface area contributed by atoms with E-state index in [2.05, 4.69) is 17.3 Å². The topological polar surface area (TPSA) is 58.4 Å². The first-order chi connectivity index (χ1) is 8.20. The summed E-state index contributed by atoms with van der Waals surface area (Å²) in [6.07, 6.45) is 8.02. The molecule has 1 amide bonds. The predicted octanol–water partition coefficient (Wildman–Crippen LogP) is 0.857. The van der Waals surface area contributed by atoms with Crippen LogP contribution in [0.15, 0.2) is 0 Å². The van der Waals surface area contributed by atoms with Crippen molar-refractivity contribution in [2.45, 2.75) is 63.1 Å². The number of rotatable bonds is 6. The summed E-state index contributed by atoms with van der Waals surface area (Å²) in [4.78, 5) is 14.1. The Hall–Kier alpha value is -0.610. The van der Waals surface area contributed by atoms with Crippen LogP contribution in [-0.2, 0) is 4.79 Å². The molecular formula is C13H25N3O. The second-order valence-electron chi connectivity index (χ2n) is 5.54. The summed E-state index contributed by atoms with van der Waals surface area (Å²) < 4.78 is 0. The number of carbonyl (C=O) groups is 1. The third-order valence-electron chi connectivity index (χ3n) is 4.11. The highest BCUT2D eigenvalue weighted by atomic mass is 16.1. The van der Waals surface area contributed by atoms with Gasteiger partial charge in [-0.25, -0.2) is 0 Å². The van der Waals surface area contributed by atoms with Gasteiger partial charge in [-0.2, -0.15) is 0 Å². The molecule has 0 aromatic heterocycles. The molecule has 0 aromatic rings. The van der Waals surface area contributed by atoms with E-state index in [9.17, 15) is 4.79 Å². The minimum Gasteiger partial charge on any atom is -0.353 e. The van der Waals surface area contributed by atoms with E-state index in [1.165, 1.54) is 25.7 Å². The van der Waals surface area contributed by atoms with Crippen molar-refractivity contribution >= 4 is 5.91 Å². The smallest absolute Gasteiger partial charge is 0.221 e. The van der Waals surface area contributed by atoms with Gasteiger partial charge in [-0.15, -0.1) is 0 Å². The standard InChI is InChI=1S/C13H25N3O/c1-16(11-4-2-3-5-11)12(9-14)8-13(17)15-10-6-7-10/h10-12H,2-9,14H2,1H3,(H,15,17). The van der Waals surface area contributed by atoms with Gasteiger partial charge in [0.2, 0.25) is 5.91 Å². The first-order valence-electron chi connectivity index (χ1n) is 6.92. The maximum absolute atomic E-state index is 11.8. The Bertz CT molecular complexity index is 259. The molecule has 1 unspecified atom stereocenters. The summed E-state index contributed by atoms with van der Waals surface area (Å²) in [5.41, 5.74) is 5.81. The van der Waals surface area contributed by atoms with Crippen LogP contribution in [0.3, 0.4) is 0 Å². The first kappa shape index (κ1) is 12.8. The summed E-state index contributed by atoms with van der Waals surface area (Å²) >= 11 is 0. The number of likely N-dealkylation sites (N-methyl/N-ethyl adjacent to an activating group) is 1. The Balaban J connectivity index is 1.79. The largest absolute Gasteiger partial charge is 0.353 e. The number of nitrogens with zero attached hydrogens (tertiary/aromatic N) is 1. The van der Waals surface area contributed by atoms with Gasteiger partial charge in [0.1, 0.15) is 0 Å². The summed E-state index contributed by atoms with van der Waals surface area (Å²) in [6, 6.07) is 1.30. The number of hydrogen-bond acceptors (Lipinski definition) is 3. The number of nitrogens with one attached hydrogen (secondary N) is 1. The molecule has 0 aliphatic heterocycles. The van der Waals surface area contributed by atoms with Crippen molar-refractivity contribution in [1.29, 1.82) is 0 Å². The van der Waals surface area contributed by atoms with Crippen LogP contribution in [-0.4, -0.2) is 42.5 Å². The minimum absolute atomic E-state index is 0.174. The SMILES string of the molecule is CN(C1CCCC1)C(CN)CC(=O)NC1CC1. The van der Waals surface area contributed by atoms with Gasteiger partial charge in [-0.3, -0.25) is 9.69 Å². The second kappa shape index (κ2) is 5.83. The van der Waals surface area contributed by atoms with Crippen molar-refractivity contribution in [3.63, 3.8) is 0 Å². The van der Waals surface area contributed by atoms with Gasteiger partial charge in [0.05, 0.1) is 0 Å². The van der Waals surface area contributed by atoms with Gasteiger partial charge >= 0.3 is 0 Å². The molecule has 17 heavy (non-hydrogen) atoms. The zero-order valence-corrected chi connectivity index (χ0v) is 10.8. The Morgan fingerprint density at radius 3 is 2.53 bits per heavy atom. The van der Waals surface area contributed by atoms with Crippen LogP contribution >= 0.6 is 0 Å². The lowest BCUT2D eigenvalue weighted by Gasteiger charge is -2.32. The highest BCUT2D eigenvalue weighted by Gasteiger charge is 2.28. The van der Waals surface area contributed by atoms with E-state index < -0.39 is 0 Å². The molecule has 98 valence electrons. The van der Waals surface area contributed by atoms with E-state index >= 15 is 0 Å². The predicted molar refractivity (Wildman–Crippen MR) is 68.6 cm³/mol. The number of hydrogen-bond donors (Lipinski definition) is 2. The molecule has 0 spiro atoms. The van der Waals surface area contributed by atoms with Gasteiger partial charge in [0, 0.05) is 31.1 Å². The van der Waals surface area contributed by atoms with Gasteiger partial charge in [0.15, 0.2) is 0 Å². The Labute approximate surface area is 104 Å². The molecule has 1 atom stereocenters. The molecule has 0 heterocycles. The van der Waals surface area contributed by atoms with Gasteiger partial charge < -0.3 is 11.1 Å². The fourth-order valence-corrected chi connectivity index (χ4v) is 2.73. The van der Waals surface area contributed by atoms with Gasteiger partial charge in [-0.05, 0) is 32.7 Å². The Morgan fingerprint density at radius 2 is 2.00 bits per heavy atom. The lowest BCUT2D eigenvalue weighted by atomic mass is 10.1. The summed E-state index contributed by atoms with van der Waals surface area (Å²) in [7, 11) is 2.12. The lowest BCUT2D eigenvalue weighted by molar-refractivity contribution is -0.122. The fourth-order valence-electron chi connectivity index (χ4n) is 2.73. The molecule has 0 radical (unpaired) electrons. The summed E-state index contributed by atoms with van der Waals surface area (Å²) in [5.74, 6) is 0.174. The normalized spacial score (nSPS) is 23.0. The molecule has 4 nitrogen and oxygen atoms in total. The molecular weight excluding hydrogens is 214 g/mol. The molecule has 2 saturated carbocycles. The van der Waals surface area contributed by atoms with E-state index in [1.807, 2.05) is 0 Å².